The Morgan fingerprint density at radius 1 is 1.06 bits per heavy atom. The van der Waals surface area contributed by atoms with Crippen LogP contribution in [0.25, 0.3) is 0 Å². The van der Waals surface area contributed by atoms with Crippen molar-refractivity contribution in [2.75, 3.05) is 0 Å². The molecule has 1 unspecified atom stereocenters. The molecule has 0 bridgehead atoms. The topological polar surface area (TPSA) is 15.4 Å². The van der Waals surface area contributed by atoms with E-state index in [1.165, 1.54) is 31.4 Å². The van der Waals surface area contributed by atoms with Gasteiger partial charge >= 0.3 is 0 Å². The predicted molar refractivity (Wildman–Crippen MR) is 78.4 cm³/mol. The summed E-state index contributed by atoms with van der Waals surface area (Å²) in [5.74, 6) is 0.484. The Bertz CT molecular complexity index is 371. The van der Waals surface area contributed by atoms with E-state index in [0.717, 1.165) is 0 Å². The first-order valence-corrected chi connectivity index (χ1v) is 7.42. The largest absolute Gasteiger partial charge is 0.199 e. The molecule has 1 heterocycles. The molecule has 2 nitrogen and oxygen atoms in total. The van der Waals surface area contributed by atoms with E-state index >= 15 is 0 Å². The van der Waals surface area contributed by atoms with Crippen molar-refractivity contribution in [3.8, 4) is 0 Å². The summed E-state index contributed by atoms with van der Waals surface area (Å²) >= 11 is 0. The van der Waals surface area contributed by atoms with E-state index in [9.17, 15) is 0 Å². The third-order valence-electron chi connectivity index (χ3n) is 4.25. The number of rotatable bonds is 1. The van der Waals surface area contributed by atoms with Gasteiger partial charge in [0, 0.05) is 18.3 Å². The van der Waals surface area contributed by atoms with Gasteiger partial charge in [0.2, 0.25) is 0 Å². The Labute approximate surface area is 112 Å². The van der Waals surface area contributed by atoms with Gasteiger partial charge in [-0.2, -0.15) is 0 Å². The molecule has 1 aliphatic carbocycles. The van der Waals surface area contributed by atoms with Gasteiger partial charge in [-0.05, 0) is 23.4 Å². The molecular weight excluding hydrogens is 220 g/mol. The first-order valence-electron chi connectivity index (χ1n) is 7.42. The molecule has 2 aliphatic rings. The lowest BCUT2D eigenvalue weighted by Crippen LogP contribution is -2.40. The molecule has 102 valence electrons. The number of hydrogen-bond donors (Lipinski definition) is 0. The van der Waals surface area contributed by atoms with Gasteiger partial charge in [-0.25, -0.2) is 0 Å². The van der Waals surface area contributed by atoms with Gasteiger partial charge in [0.05, 0.1) is 12.1 Å². The minimum atomic E-state index is 0.205. The third-order valence-corrected chi connectivity index (χ3v) is 4.25. The maximum Gasteiger partial charge on any atom is 0.199 e. The van der Waals surface area contributed by atoms with E-state index in [2.05, 4.69) is 52.4 Å². The van der Waals surface area contributed by atoms with Crippen LogP contribution in [0.5, 0.6) is 0 Å². The highest BCUT2D eigenvalue weighted by Crippen LogP contribution is 2.37. The summed E-state index contributed by atoms with van der Waals surface area (Å²) < 4.78 is 2.38. The Hall–Kier alpha value is -0.660. The average molecular weight is 249 g/mol. The fourth-order valence-electron chi connectivity index (χ4n) is 3.30. The zero-order valence-electron chi connectivity index (χ0n) is 13.0. The van der Waals surface area contributed by atoms with E-state index in [0.29, 0.717) is 12.0 Å². The monoisotopic (exact) mass is 249 g/mol. The lowest BCUT2D eigenvalue weighted by atomic mass is 9.71. The molecule has 1 atom stereocenters. The number of hydrogen-bond acceptors (Lipinski definition) is 1. The second-order valence-electron chi connectivity index (χ2n) is 8.03. The molecule has 1 saturated carbocycles. The number of nitrogens with zero attached hydrogens (tertiary/aromatic N) is 2. The van der Waals surface area contributed by atoms with Crippen molar-refractivity contribution in [2.24, 2.45) is 21.8 Å². The Kier molecular flexibility index (Phi) is 3.42. The first kappa shape index (κ1) is 13.8. The van der Waals surface area contributed by atoms with Gasteiger partial charge in [-0.3, -0.25) is 0 Å². The zero-order valence-corrected chi connectivity index (χ0v) is 13.0. The van der Waals surface area contributed by atoms with Gasteiger partial charge in [0.15, 0.2) is 11.8 Å². The molecule has 1 fully saturated rings. The third kappa shape index (κ3) is 2.53. The van der Waals surface area contributed by atoms with Crippen molar-refractivity contribution in [1.29, 1.82) is 0 Å². The summed E-state index contributed by atoms with van der Waals surface area (Å²) in [6, 6.07) is 0.655. The van der Waals surface area contributed by atoms with Crippen LogP contribution in [-0.4, -0.2) is 22.7 Å². The standard InChI is InChI=1S/C16H29N2/c1-15(2,3)13-11-17-18(12-9-7-8-10-12)14(13)16(4,5)6/h11-13H,7-10H2,1-6H3/q+1. The molecule has 0 aromatic carbocycles. The van der Waals surface area contributed by atoms with Gasteiger partial charge in [-0.15, -0.1) is 0 Å². The lowest BCUT2D eigenvalue weighted by Gasteiger charge is -2.29. The normalized spacial score (nSPS) is 26.4. The SMILES string of the molecule is CC(C)(C)C1=[N+](C2CCCC2)N=CC1C(C)(C)C. The molecule has 0 radical (unpaired) electrons. The molecule has 0 aromatic rings. The second kappa shape index (κ2) is 4.47. The Morgan fingerprint density at radius 3 is 2.06 bits per heavy atom. The number of hydrazone groups is 1. The molecule has 0 amide bonds. The smallest absolute Gasteiger partial charge is 0.0889 e. The summed E-state index contributed by atoms with van der Waals surface area (Å²) in [6.45, 7) is 14.0. The molecular formula is C16H29N2+. The van der Waals surface area contributed by atoms with E-state index in [1.807, 2.05) is 0 Å². The van der Waals surface area contributed by atoms with Crippen LogP contribution in [0.1, 0.15) is 67.2 Å². The van der Waals surface area contributed by atoms with Gasteiger partial charge in [0.25, 0.3) is 0 Å². The Balaban J connectivity index is 2.41. The van der Waals surface area contributed by atoms with Crippen molar-refractivity contribution in [1.82, 2.24) is 0 Å². The van der Waals surface area contributed by atoms with Crippen molar-refractivity contribution in [3.05, 3.63) is 0 Å². The van der Waals surface area contributed by atoms with E-state index in [-0.39, 0.29) is 10.8 Å². The molecule has 0 saturated heterocycles. The lowest BCUT2D eigenvalue weighted by molar-refractivity contribution is -0.571. The molecule has 2 heteroatoms. The molecule has 18 heavy (non-hydrogen) atoms. The van der Waals surface area contributed by atoms with Gasteiger partial charge in [-0.1, -0.05) is 46.2 Å². The molecule has 1 aliphatic heterocycles. The van der Waals surface area contributed by atoms with E-state index in [1.54, 1.807) is 0 Å². The van der Waals surface area contributed by atoms with Gasteiger partial charge < -0.3 is 0 Å². The average Bonchev–Trinajstić information content (AvgIpc) is 2.83. The zero-order chi connectivity index (χ0) is 13.6. The molecule has 0 aromatic heterocycles. The van der Waals surface area contributed by atoms with Crippen molar-refractivity contribution >= 4 is 11.9 Å². The molecule has 0 N–H and O–H groups in total. The predicted octanol–water partition coefficient (Wildman–Crippen LogP) is 4.09. The minimum Gasteiger partial charge on any atom is -0.0889 e. The minimum absolute atomic E-state index is 0.205. The fourth-order valence-corrected chi connectivity index (χ4v) is 3.30. The highest BCUT2D eigenvalue weighted by molar-refractivity contribution is 6.01. The molecule has 0 spiro atoms. The highest BCUT2D eigenvalue weighted by atomic mass is 15.4. The Morgan fingerprint density at radius 2 is 1.61 bits per heavy atom. The summed E-state index contributed by atoms with van der Waals surface area (Å²) in [6.07, 6.45) is 7.56. The van der Waals surface area contributed by atoms with Crippen LogP contribution in [0.4, 0.5) is 0 Å². The van der Waals surface area contributed by atoms with Crippen molar-refractivity contribution in [3.63, 3.8) is 0 Å². The highest BCUT2D eigenvalue weighted by Gasteiger charge is 2.47. The van der Waals surface area contributed by atoms with Crippen LogP contribution >= 0.6 is 0 Å². The maximum absolute atomic E-state index is 4.78. The first-order chi connectivity index (χ1) is 8.21. The summed E-state index contributed by atoms with van der Waals surface area (Å²) in [5, 5.41) is 4.78. The van der Waals surface area contributed by atoms with Crippen molar-refractivity contribution < 1.29 is 4.68 Å². The van der Waals surface area contributed by atoms with E-state index in [4.69, 9.17) is 5.10 Å². The maximum atomic E-state index is 4.78. The van der Waals surface area contributed by atoms with Crippen LogP contribution in [0.2, 0.25) is 0 Å². The molecule has 2 rings (SSSR count). The summed E-state index contributed by atoms with van der Waals surface area (Å²) in [7, 11) is 0. The summed E-state index contributed by atoms with van der Waals surface area (Å²) in [5.41, 5.74) is 2.00. The van der Waals surface area contributed by atoms with Crippen LogP contribution in [-0.2, 0) is 0 Å². The van der Waals surface area contributed by atoms with Crippen LogP contribution in [0, 0.1) is 16.7 Å². The van der Waals surface area contributed by atoms with Crippen LogP contribution in [0.3, 0.4) is 0 Å². The van der Waals surface area contributed by atoms with Crippen LogP contribution < -0.4 is 0 Å². The van der Waals surface area contributed by atoms with Gasteiger partial charge in [0.1, 0.15) is 0 Å². The van der Waals surface area contributed by atoms with Crippen molar-refractivity contribution in [2.45, 2.75) is 73.3 Å². The van der Waals surface area contributed by atoms with Crippen LogP contribution in [0.15, 0.2) is 5.10 Å². The van der Waals surface area contributed by atoms with E-state index < -0.39 is 0 Å². The fraction of sp³-hybridized carbons (Fsp3) is 0.875. The summed E-state index contributed by atoms with van der Waals surface area (Å²) in [4.78, 5) is 0. The quantitative estimate of drug-likeness (QED) is 0.622. The second-order valence-corrected chi connectivity index (χ2v) is 8.03.